The topological polar surface area (TPSA) is 38.3 Å². The molecule has 2 rings (SSSR count). The molecule has 0 aliphatic rings. The van der Waals surface area contributed by atoms with Crippen molar-refractivity contribution in [2.24, 2.45) is 0 Å². The predicted octanol–water partition coefficient (Wildman–Crippen LogP) is 5.67. The lowest BCUT2D eigenvalue weighted by molar-refractivity contribution is -0.117. The van der Waals surface area contributed by atoms with Crippen molar-refractivity contribution < 1.29 is 9.53 Å². The van der Waals surface area contributed by atoms with Crippen molar-refractivity contribution >= 4 is 23.6 Å². The molecule has 2 aromatic rings. The van der Waals surface area contributed by atoms with Crippen LogP contribution in [0.4, 0.5) is 0 Å². The molecule has 0 heterocycles. The van der Waals surface area contributed by atoms with Crippen molar-refractivity contribution in [3.8, 4) is 5.75 Å². The average Bonchev–Trinajstić information content (AvgIpc) is 2.60. The van der Waals surface area contributed by atoms with Gasteiger partial charge in [0.2, 0.25) is 5.91 Å². The number of amides is 1. The third-order valence-electron chi connectivity index (χ3n) is 4.39. The van der Waals surface area contributed by atoms with E-state index in [-0.39, 0.29) is 11.9 Å². The number of hydrogen-bond acceptors (Lipinski definition) is 2. The Labute approximate surface area is 161 Å². The number of benzene rings is 2. The van der Waals surface area contributed by atoms with Crippen molar-refractivity contribution in [3.63, 3.8) is 0 Å². The summed E-state index contributed by atoms with van der Waals surface area (Å²) in [5.74, 6) is 1.07. The van der Waals surface area contributed by atoms with Crippen LogP contribution in [0, 0.1) is 6.92 Å². The van der Waals surface area contributed by atoms with Gasteiger partial charge in [0.15, 0.2) is 0 Å². The lowest BCUT2D eigenvalue weighted by atomic mass is 9.93. The van der Waals surface area contributed by atoms with Crippen LogP contribution in [-0.2, 0) is 4.79 Å². The molecular weight excluding hydrogens is 346 g/mol. The Morgan fingerprint density at radius 3 is 2.46 bits per heavy atom. The zero-order valence-corrected chi connectivity index (χ0v) is 16.7. The largest absolute Gasteiger partial charge is 0.496 e. The van der Waals surface area contributed by atoms with Crippen molar-refractivity contribution in [1.82, 2.24) is 5.32 Å². The van der Waals surface area contributed by atoms with E-state index in [1.165, 1.54) is 6.08 Å². The molecule has 138 valence electrons. The zero-order valence-electron chi connectivity index (χ0n) is 16.0. The van der Waals surface area contributed by atoms with Crippen LogP contribution in [-0.4, -0.2) is 13.0 Å². The highest BCUT2D eigenvalue weighted by atomic mass is 35.5. The van der Waals surface area contributed by atoms with Gasteiger partial charge < -0.3 is 10.1 Å². The molecule has 0 saturated heterocycles. The van der Waals surface area contributed by atoms with Crippen LogP contribution in [0.2, 0.25) is 5.02 Å². The molecule has 1 atom stereocenters. The molecule has 0 aliphatic carbocycles. The minimum atomic E-state index is -0.154. The summed E-state index contributed by atoms with van der Waals surface area (Å²) in [5.41, 5.74) is 4.14. The van der Waals surface area contributed by atoms with Gasteiger partial charge in [-0.1, -0.05) is 43.6 Å². The third-order valence-corrected chi connectivity index (χ3v) is 4.73. The number of nitrogens with one attached hydrogen (secondary N) is 1. The fraction of sp³-hybridized carbons (Fsp3) is 0.318. The highest BCUT2D eigenvalue weighted by Gasteiger charge is 2.16. The van der Waals surface area contributed by atoms with Gasteiger partial charge in [-0.15, -0.1) is 0 Å². The minimum absolute atomic E-state index is 0.109. The van der Waals surface area contributed by atoms with Crippen LogP contribution in [0.3, 0.4) is 0 Å². The van der Waals surface area contributed by atoms with E-state index in [2.05, 4.69) is 25.2 Å². The van der Waals surface area contributed by atoms with Crippen molar-refractivity contribution in [2.75, 3.05) is 7.11 Å². The van der Waals surface area contributed by atoms with E-state index in [4.69, 9.17) is 16.3 Å². The molecule has 0 spiro atoms. The molecule has 0 radical (unpaired) electrons. The van der Waals surface area contributed by atoms with E-state index in [1.54, 1.807) is 19.3 Å². The maximum absolute atomic E-state index is 12.3. The summed E-state index contributed by atoms with van der Waals surface area (Å²) in [6, 6.07) is 11.5. The summed E-state index contributed by atoms with van der Waals surface area (Å²) in [6.45, 7) is 8.28. The smallest absolute Gasteiger partial charge is 0.244 e. The Morgan fingerprint density at radius 1 is 1.15 bits per heavy atom. The quantitative estimate of drug-likeness (QED) is 0.664. The lowest BCUT2D eigenvalue weighted by Gasteiger charge is -2.20. The third kappa shape index (κ3) is 4.89. The van der Waals surface area contributed by atoms with Crippen LogP contribution < -0.4 is 10.1 Å². The first kappa shape index (κ1) is 20.1. The Balaban J connectivity index is 2.16. The average molecular weight is 372 g/mol. The molecule has 0 unspecified atom stereocenters. The molecule has 0 saturated carbocycles. The molecule has 4 heteroatoms. The number of halogens is 1. The second-order valence-corrected chi connectivity index (χ2v) is 7.10. The number of rotatable bonds is 6. The fourth-order valence-electron chi connectivity index (χ4n) is 2.93. The summed E-state index contributed by atoms with van der Waals surface area (Å²) in [4.78, 5) is 12.3. The summed E-state index contributed by atoms with van der Waals surface area (Å²) < 4.78 is 5.49. The van der Waals surface area contributed by atoms with Crippen LogP contribution >= 0.6 is 11.6 Å². The van der Waals surface area contributed by atoms with Gasteiger partial charge in [-0.25, -0.2) is 0 Å². The monoisotopic (exact) mass is 371 g/mol. The van der Waals surface area contributed by atoms with Crippen molar-refractivity contribution in [1.29, 1.82) is 0 Å². The molecule has 2 aromatic carbocycles. The van der Waals surface area contributed by atoms with E-state index >= 15 is 0 Å². The van der Waals surface area contributed by atoms with Gasteiger partial charge in [0.25, 0.3) is 0 Å². The van der Waals surface area contributed by atoms with E-state index < -0.39 is 0 Å². The number of ether oxygens (including phenoxy) is 1. The second kappa shape index (κ2) is 8.91. The highest BCUT2D eigenvalue weighted by Crippen LogP contribution is 2.32. The van der Waals surface area contributed by atoms with Gasteiger partial charge in [0, 0.05) is 11.1 Å². The standard InChI is InChI=1S/C22H26ClNO2/c1-14(2)18-13-19(15(3)12-21(18)26-5)16(4)24-22(25)11-10-17-8-6-7-9-20(17)23/h6-14,16H,1-5H3,(H,24,25)/b11-10+/t16-/m0/s1. The fourth-order valence-corrected chi connectivity index (χ4v) is 3.12. The van der Waals surface area contributed by atoms with Gasteiger partial charge in [0.05, 0.1) is 13.2 Å². The van der Waals surface area contributed by atoms with E-state index in [0.717, 1.165) is 28.0 Å². The van der Waals surface area contributed by atoms with E-state index in [9.17, 15) is 4.79 Å². The summed E-state index contributed by atoms with van der Waals surface area (Å²) in [5, 5.41) is 3.64. The van der Waals surface area contributed by atoms with Crippen LogP contribution in [0.25, 0.3) is 6.08 Å². The van der Waals surface area contributed by atoms with Gasteiger partial charge in [-0.05, 0) is 66.3 Å². The van der Waals surface area contributed by atoms with Crippen molar-refractivity contribution in [2.45, 2.75) is 39.7 Å². The number of methoxy groups -OCH3 is 1. The predicted molar refractivity (Wildman–Crippen MR) is 109 cm³/mol. The van der Waals surface area contributed by atoms with Crippen molar-refractivity contribution in [3.05, 3.63) is 69.8 Å². The van der Waals surface area contributed by atoms with Crippen LogP contribution in [0.15, 0.2) is 42.5 Å². The Hall–Kier alpha value is -2.26. The Bertz CT molecular complexity index is 812. The van der Waals surface area contributed by atoms with Gasteiger partial charge >= 0.3 is 0 Å². The number of carbonyl (C=O) groups is 1. The molecule has 1 amide bonds. The second-order valence-electron chi connectivity index (χ2n) is 6.69. The zero-order chi connectivity index (χ0) is 19.3. The van der Waals surface area contributed by atoms with E-state index in [0.29, 0.717) is 10.9 Å². The molecule has 3 nitrogen and oxygen atoms in total. The first-order chi connectivity index (χ1) is 12.3. The number of carbonyl (C=O) groups excluding carboxylic acids is 1. The molecule has 0 aromatic heterocycles. The summed E-state index contributed by atoms with van der Waals surface area (Å²) in [7, 11) is 1.69. The molecule has 0 bridgehead atoms. The molecule has 0 aliphatic heterocycles. The maximum Gasteiger partial charge on any atom is 0.244 e. The lowest BCUT2D eigenvalue weighted by Crippen LogP contribution is -2.25. The first-order valence-corrected chi connectivity index (χ1v) is 9.12. The van der Waals surface area contributed by atoms with Gasteiger partial charge in [-0.2, -0.15) is 0 Å². The molecule has 1 N–H and O–H groups in total. The maximum atomic E-state index is 12.3. The van der Waals surface area contributed by atoms with Crippen LogP contribution in [0.1, 0.15) is 55.0 Å². The Kier molecular flexibility index (Phi) is 6.87. The molecular formula is C22H26ClNO2. The molecule has 0 fully saturated rings. The highest BCUT2D eigenvalue weighted by molar-refractivity contribution is 6.32. The van der Waals surface area contributed by atoms with E-state index in [1.807, 2.05) is 38.1 Å². The van der Waals surface area contributed by atoms with Gasteiger partial charge in [-0.3, -0.25) is 4.79 Å². The normalized spacial score (nSPS) is 12.4. The number of aryl methyl sites for hydroxylation is 1. The summed E-state index contributed by atoms with van der Waals surface area (Å²) in [6.07, 6.45) is 3.24. The summed E-state index contributed by atoms with van der Waals surface area (Å²) >= 11 is 6.11. The first-order valence-electron chi connectivity index (χ1n) is 8.75. The van der Waals surface area contributed by atoms with Crippen LogP contribution in [0.5, 0.6) is 5.75 Å². The Morgan fingerprint density at radius 2 is 1.85 bits per heavy atom. The molecule has 26 heavy (non-hydrogen) atoms. The SMILES string of the molecule is COc1cc(C)c([C@H](C)NC(=O)/C=C/c2ccccc2Cl)cc1C(C)C. The minimum Gasteiger partial charge on any atom is -0.496 e. The van der Waals surface area contributed by atoms with Gasteiger partial charge in [0.1, 0.15) is 5.75 Å². The number of hydrogen-bond donors (Lipinski definition) is 1.